The molecule has 0 fully saturated rings. The molecule has 1 heterocycles. The summed E-state index contributed by atoms with van der Waals surface area (Å²) < 4.78 is 0. The van der Waals surface area contributed by atoms with Crippen LogP contribution in [-0.4, -0.2) is 16.9 Å². The zero-order valence-corrected chi connectivity index (χ0v) is 17.0. The van der Waals surface area contributed by atoms with Crippen LogP contribution >= 0.6 is 11.3 Å². The molecule has 0 radical (unpaired) electrons. The van der Waals surface area contributed by atoms with Crippen LogP contribution in [0.15, 0.2) is 66.2 Å². The number of carboxylic acid groups (broad SMARTS) is 1. The van der Waals surface area contributed by atoms with Crippen LogP contribution in [0.5, 0.6) is 0 Å². The number of benzene rings is 2. The van der Waals surface area contributed by atoms with Crippen molar-refractivity contribution in [2.75, 3.05) is 5.32 Å². The summed E-state index contributed by atoms with van der Waals surface area (Å²) in [7, 11) is 0. The summed E-state index contributed by atoms with van der Waals surface area (Å²) in [5.41, 5.74) is 2.05. The molecule has 1 amide bonds. The first kappa shape index (κ1) is 20.3. The number of carbonyl (C=O) groups is 2. The molecule has 0 bridgehead atoms. The number of nitrogens with one attached hydrogen (secondary N) is 1. The number of nitrogens with zero attached hydrogens (tertiary/aromatic N) is 1. The summed E-state index contributed by atoms with van der Waals surface area (Å²) in [4.78, 5) is 27.9. The Hall–Kier alpha value is -1.99. The fourth-order valence-electron chi connectivity index (χ4n) is 2.52. The molecule has 0 aliphatic rings. The van der Waals surface area contributed by atoms with E-state index in [2.05, 4.69) is 10.3 Å². The maximum atomic E-state index is 12.3. The topological polar surface area (TPSA) is 82.1 Å². The van der Waals surface area contributed by atoms with Gasteiger partial charge in [0.2, 0.25) is 5.91 Å². The largest absolute Gasteiger partial charge is 1.00 e. The van der Waals surface area contributed by atoms with E-state index in [1.807, 2.05) is 23.6 Å². The number of amides is 1. The number of carboxylic acids is 1. The SMILES string of the molecule is O=C(CC(C(=O)[O-])c1ccccc1)Nc1cccc(-c2nccs2)c1.[Na+]. The van der Waals surface area contributed by atoms with Crippen LogP contribution in [0.1, 0.15) is 17.9 Å². The van der Waals surface area contributed by atoms with Crippen molar-refractivity contribution >= 4 is 28.9 Å². The van der Waals surface area contributed by atoms with Crippen molar-refractivity contribution in [3.63, 3.8) is 0 Å². The smallest absolute Gasteiger partial charge is 0.549 e. The minimum absolute atomic E-state index is 0. The Balaban J connectivity index is 0.00000243. The molecule has 3 rings (SSSR count). The fraction of sp³-hybridized carbons (Fsp3) is 0.105. The van der Waals surface area contributed by atoms with Gasteiger partial charge in [-0.3, -0.25) is 4.79 Å². The van der Waals surface area contributed by atoms with Gasteiger partial charge in [0.05, 0.1) is 0 Å². The molecular formula is C19H15N2NaO3S. The molecule has 126 valence electrons. The molecule has 0 aliphatic heterocycles. The number of aromatic nitrogens is 1. The van der Waals surface area contributed by atoms with Gasteiger partial charge in [0, 0.05) is 41.1 Å². The Labute approximate surface area is 177 Å². The molecule has 0 spiro atoms. The van der Waals surface area contributed by atoms with Gasteiger partial charge in [-0.1, -0.05) is 42.5 Å². The number of rotatable bonds is 6. The monoisotopic (exact) mass is 374 g/mol. The van der Waals surface area contributed by atoms with Crippen molar-refractivity contribution in [2.24, 2.45) is 0 Å². The third-order valence-electron chi connectivity index (χ3n) is 3.70. The zero-order valence-electron chi connectivity index (χ0n) is 14.2. The van der Waals surface area contributed by atoms with Crippen molar-refractivity contribution < 1.29 is 44.3 Å². The number of hydrogen-bond acceptors (Lipinski definition) is 5. The summed E-state index contributed by atoms with van der Waals surface area (Å²) in [6, 6.07) is 15.9. The third-order valence-corrected chi connectivity index (χ3v) is 4.52. The zero-order chi connectivity index (χ0) is 17.6. The van der Waals surface area contributed by atoms with Crippen molar-refractivity contribution in [1.82, 2.24) is 4.98 Å². The van der Waals surface area contributed by atoms with Gasteiger partial charge in [0.15, 0.2) is 0 Å². The molecule has 7 heteroatoms. The number of thiazole rings is 1. The maximum Gasteiger partial charge on any atom is 1.00 e. The Kier molecular flexibility index (Phi) is 7.53. The molecule has 5 nitrogen and oxygen atoms in total. The van der Waals surface area contributed by atoms with Crippen LogP contribution in [0.4, 0.5) is 5.69 Å². The van der Waals surface area contributed by atoms with Gasteiger partial charge in [-0.2, -0.15) is 0 Å². The Bertz CT molecular complexity index is 870. The van der Waals surface area contributed by atoms with Gasteiger partial charge in [0.1, 0.15) is 5.01 Å². The van der Waals surface area contributed by atoms with Gasteiger partial charge < -0.3 is 15.2 Å². The average Bonchev–Trinajstić information content (AvgIpc) is 3.15. The molecular weight excluding hydrogens is 359 g/mol. The normalized spacial score (nSPS) is 11.2. The van der Waals surface area contributed by atoms with Crippen molar-refractivity contribution in [1.29, 1.82) is 0 Å². The summed E-state index contributed by atoms with van der Waals surface area (Å²) in [6.07, 6.45) is 1.53. The maximum absolute atomic E-state index is 12.3. The standard InChI is InChI=1S/C19H16N2O3S.Na/c22-17(12-16(19(23)24)13-5-2-1-3-6-13)21-15-8-4-7-14(11-15)18-20-9-10-25-18;/h1-11,16H,12H2,(H,21,22)(H,23,24);/q;+1/p-1. The van der Waals surface area contributed by atoms with Crippen LogP contribution in [0.3, 0.4) is 0 Å². The molecule has 0 saturated carbocycles. The predicted octanol–water partition coefficient (Wildman–Crippen LogP) is -0.324. The Morgan fingerprint density at radius 1 is 1.12 bits per heavy atom. The number of hydrogen-bond donors (Lipinski definition) is 1. The van der Waals surface area contributed by atoms with Crippen LogP contribution in [-0.2, 0) is 9.59 Å². The van der Waals surface area contributed by atoms with Crippen molar-refractivity contribution in [3.8, 4) is 10.6 Å². The number of aliphatic carboxylic acids is 1. The summed E-state index contributed by atoms with van der Waals surface area (Å²) in [5.74, 6) is -2.63. The molecule has 1 aromatic heterocycles. The second kappa shape index (κ2) is 9.64. The van der Waals surface area contributed by atoms with Crippen LogP contribution in [0, 0.1) is 0 Å². The van der Waals surface area contributed by atoms with Gasteiger partial charge in [-0.15, -0.1) is 11.3 Å². The van der Waals surface area contributed by atoms with E-state index in [0.717, 1.165) is 10.6 Å². The van der Waals surface area contributed by atoms with Gasteiger partial charge >= 0.3 is 29.6 Å². The molecule has 2 aromatic carbocycles. The molecule has 3 aromatic rings. The van der Waals surface area contributed by atoms with Crippen molar-refractivity contribution in [3.05, 3.63) is 71.7 Å². The summed E-state index contributed by atoms with van der Waals surface area (Å²) in [6.45, 7) is 0. The molecule has 26 heavy (non-hydrogen) atoms. The van der Waals surface area contributed by atoms with E-state index in [1.165, 1.54) is 11.3 Å². The molecule has 1 atom stereocenters. The van der Waals surface area contributed by atoms with Gasteiger partial charge in [-0.25, -0.2) is 4.98 Å². The minimum Gasteiger partial charge on any atom is -0.549 e. The number of carbonyl (C=O) groups excluding carboxylic acids is 2. The summed E-state index contributed by atoms with van der Waals surface area (Å²) >= 11 is 1.51. The van der Waals surface area contributed by atoms with E-state index in [4.69, 9.17) is 0 Å². The summed E-state index contributed by atoms with van der Waals surface area (Å²) in [5, 5.41) is 16.9. The van der Waals surface area contributed by atoms with Crippen LogP contribution in [0.25, 0.3) is 10.6 Å². The predicted molar refractivity (Wildman–Crippen MR) is 95.0 cm³/mol. The average molecular weight is 374 g/mol. The fourth-order valence-corrected chi connectivity index (χ4v) is 3.15. The van der Waals surface area contributed by atoms with E-state index in [1.54, 1.807) is 42.6 Å². The Morgan fingerprint density at radius 3 is 2.54 bits per heavy atom. The van der Waals surface area contributed by atoms with Crippen LogP contribution < -0.4 is 40.0 Å². The molecule has 1 unspecified atom stereocenters. The van der Waals surface area contributed by atoms with Gasteiger partial charge in [-0.05, 0) is 17.7 Å². The van der Waals surface area contributed by atoms with Crippen molar-refractivity contribution in [2.45, 2.75) is 12.3 Å². The van der Waals surface area contributed by atoms with E-state index < -0.39 is 11.9 Å². The van der Waals surface area contributed by atoms with E-state index in [9.17, 15) is 14.7 Å². The minimum atomic E-state index is -1.27. The third kappa shape index (κ3) is 5.25. The first-order chi connectivity index (χ1) is 12.1. The first-order valence-corrected chi connectivity index (χ1v) is 8.57. The Morgan fingerprint density at radius 2 is 1.88 bits per heavy atom. The van der Waals surface area contributed by atoms with Crippen LogP contribution in [0.2, 0.25) is 0 Å². The molecule has 1 N–H and O–H groups in total. The number of anilines is 1. The second-order valence-corrected chi connectivity index (χ2v) is 6.35. The van der Waals surface area contributed by atoms with E-state index in [0.29, 0.717) is 11.3 Å². The van der Waals surface area contributed by atoms with E-state index >= 15 is 0 Å². The molecule has 0 aliphatic carbocycles. The second-order valence-electron chi connectivity index (χ2n) is 5.45. The molecule has 0 saturated heterocycles. The van der Waals surface area contributed by atoms with Gasteiger partial charge in [0.25, 0.3) is 0 Å². The quantitative estimate of drug-likeness (QED) is 0.600. The van der Waals surface area contributed by atoms with E-state index in [-0.39, 0.29) is 41.9 Å². The first-order valence-electron chi connectivity index (χ1n) is 7.69.